The van der Waals surface area contributed by atoms with E-state index < -0.39 is 4.92 Å². The van der Waals surface area contributed by atoms with Crippen LogP contribution < -0.4 is 10.1 Å². The molecule has 0 saturated heterocycles. The maximum atomic E-state index is 10.9. The molecule has 0 fully saturated rings. The lowest BCUT2D eigenvalue weighted by Crippen LogP contribution is -1.97. The molecule has 1 N–H and O–H groups in total. The third kappa shape index (κ3) is 3.08. The summed E-state index contributed by atoms with van der Waals surface area (Å²) in [7, 11) is 1.69. The number of benzene rings is 1. The zero-order valence-corrected chi connectivity index (χ0v) is 10.6. The quantitative estimate of drug-likeness (QED) is 0.684. The highest BCUT2D eigenvalue weighted by Gasteiger charge is 2.17. The van der Waals surface area contributed by atoms with Crippen LogP contribution in [0.1, 0.15) is 0 Å². The van der Waals surface area contributed by atoms with Crippen LogP contribution in [0, 0.1) is 10.1 Å². The van der Waals surface area contributed by atoms with E-state index in [4.69, 9.17) is 16.3 Å². The number of nitro groups is 1. The number of halogens is 1. The topological polar surface area (TPSA) is 90.2 Å². The van der Waals surface area contributed by atoms with Gasteiger partial charge in [-0.15, -0.1) is 0 Å². The number of hydrogen-bond donors (Lipinski definition) is 1. The molecule has 1 heterocycles. The Balaban J connectivity index is 2.34. The molecule has 0 saturated carbocycles. The van der Waals surface area contributed by atoms with Crippen LogP contribution in [0.5, 0.6) is 11.6 Å². The molecule has 2 rings (SSSR count). The normalized spacial score (nSPS) is 10.0. The van der Waals surface area contributed by atoms with E-state index >= 15 is 0 Å². The molecular weight excluding hydrogens is 272 g/mol. The molecule has 2 aromatic rings. The van der Waals surface area contributed by atoms with E-state index in [1.807, 2.05) is 0 Å². The van der Waals surface area contributed by atoms with Crippen molar-refractivity contribution in [2.45, 2.75) is 0 Å². The zero-order chi connectivity index (χ0) is 13.8. The summed E-state index contributed by atoms with van der Waals surface area (Å²) in [6, 6.07) is 5.67. The van der Waals surface area contributed by atoms with Crippen molar-refractivity contribution < 1.29 is 9.66 Å². The Kier molecular flexibility index (Phi) is 3.76. The first-order valence-electron chi connectivity index (χ1n) is 5.21. The minimum absolute atomic E-state index is 0.0650. The summed E-state index contributed by atoms with van der Waals surface area (Å²) in [5, 5.41) is 14.0. The van der Waals surface area contributed by atoms with Crippen molar-refractivity contribution in [1.82, 2.24) is 9.97 Å². The van der Waals surface area contributed by atoms with Crippen LogP contribution in [0.25, 0.3) is 0 Å². The lowest BCUT2D eigenvalue weighted by atomic mass is 10.3. The molecule has 7 nitrogen and oxygen atoms in total. The monoisotopic (exact) mass is 280 g/mol. The van der Waals surface area contributed by atoms with Crippen LogP contribution in [0.3, 0.4) is 0 Å². The van der Waals surface area contributed by atoms with E-state index in [2.05, 4.69) is 15.3 Å². The first-order valence-corrected chi connectivity index (χ1v) is 5.59. The number of anilines is 1. The molecule has 1 aromatic heterocycles. The van der Waals surface area contributed by atoms with Gasteiger partial charge in [0.2, 0.25) is 11.6 Å². The molecule has 0 aliphatic rings. The van der Waals surface area contributed by atoms with Crippen molar-refractivity contribution in [3.63, 3.8) is 0 Å². The molecule has 0 aliphatic carbocycles. The molecule has 0 radical (unpaired) electrons. The lowest BCUT2D eigenvalue weighted by Gasteiger charge is -2.06. The molecule has 0 bridgehead atoms. The summed E-state index contributed by atoms with van der Waals surface area (Å²) in [4.78, 5) is 18.1. The van der Waals surface area contributed by atoms with Crippen LogP contribution in [0.4, 0.5) is 11.5 Å². The molecule has 0 amide bonds. The molecule has 0 spiro atoms. The fourth-order valence-corrected chi connectivity index (χ4v) is 1.53. The molecule has 0 aliphatic heterocycles. The second-order valence-corrected chi connectivity index (χ2v) is 3.90. The minimum Gasteiger partial charge on any atom is -0.432 e. The Morgan fingerprint density at radius 1 is 1.37 bits per heavy atom. The van der Waals surface area contributed by atoms with Crippen LogP contribution in [-0.2, 0) is 0 Å². The van der Waals surface area contributed by atoms with E-state index in [0.29, 0.717) is 5.82 Å². The molecule has 19 heavy (non-hydrogen) atoms. The summed E-state index contributed by atoms with van der Waals surface area (Å²) >= 11 is 5.72. The average Bonchev–Trinajstić information content (AvgIpc) is 2.41. The fourth-order valence-electron chi connectivity index (χ4n) is 1.36. The number of nitrogens with one attached hydrogen (secondary N) is 1. The van der Waals surface area contributed by atoms with Gasteiger partial charge in [-0.2, -0.15) is 0 Å². The second-order valence-electron chi connectivity index (χ2n) is 3.46. The SMILES string of the molecule is CNc1cc(Oc2ccc(Cl)cc2[N+](=O)[O-])ncn1. The van der Waals surface area contributed by atoms with Gasteiger partial charge in [0, 0.05) is 24.2 Å². The van der Waals surface area contributed by atoms with Crippen LogP contribution in [-0.4, -0.2) is 21.9 Å². The van der Waals surface area contributed by atoms with Crippen molar-refractivity contribution in [2.24, 2.45) is 0 Å². The van der Waals surface area contributed by atoms with Gasteiger partial charge in [0.15, 0.2) is 0 Å². The van der Waals surface area contributed by atoms with Crippen molar-refractivity contribution >= 4 is 23.1 Å². The van der Waals surface area contributed by atoms with E-state index in [9.17, 15) is 10.1 Å². The van der Waals surface area contributed by atoms with Gasteiger partial charge in [-0.25, -0.2) is 9.97 Å². The smallest absolute Gasteiger partial charge is 0.313 e. The number of rotatable bonds is 4. The maximum absolute atomic E-state index is 10.9. The predicted molar refractivity (Wildman–Crippen MR) is 69.8 cm³/mol. The second kappa shape index (κ2) is 5.49. The van der Waals surface area contributed by atoms with Gasteiger partial charge in [0.25, 0.3) is 0 Å². The highest BCUT2D eigenvalue weighted by Crippen LogP contribution is 2.33. The Labute approximate surface area is 113 Å². The number of aromatic nitrogens is 2. The third-order valence-electron chi connectivity index (χ3n) is 2.23. The van der Waals surface area contributed by atoms with E-state index in [1.165, 1.54) is 30.6 Å². The Bertz CT molecular complexity index is 621. The molecule has 0 unspecified atom stereocenters. The van der Waals surface area contributed by atoms with Gasteiger partial charge in [0.1, 0.15) is 12.1 Å². The van der Waals surface area contributed by atoms with Crippen molar-refractivity contribution in [2.75, 3.05) is 12.4 Å². The van der Waals surface area contributed by atoms with Gasteiger partial charge < -0.3 is 10.1 Å². The number of hydrogen-bond acceptors (Lipinski definition) is 6. The van der Waals surface area contributed by atoms with E-state index in [1.54, 1.807) is 7.05 Å². The standard InChI is InChI=1S/C11H9ClN4O3/c1-13-10-5-11(15-6-14-10)19-9-3-2-7(12)4-8(9)16(17)18/h2-6H,1H3,(H,13,14,15). The van der Waals surface area contributed by atoms with Crippen LogP contribution >= 0.6 is 11.6 Å². The van der Waals surface area contributed by atoms with Crippen molar-refractivity contribution in [3.8, 4) is 11.6 Å². The fraction of sp³-hybridized carbons (Fsp3) is 0.0909. The lowest BCUT2D eigenvalue weighted by molar-refractivity contribution is -0.385. The number of nitro benzene ring substituents is 1. The number of nitrogens with zero attached hydrogens (tertiary/aromatic N) is 3. The van der Waals surface area contributed by atoms with E-state index in [0.717, 1.165) is 0 Å². The zero-order valence-electron chi connectivity index (χ0n) is 9.83. The minimum atomic E-state index is -0.568. The van der Waals surface area contributed by atoms with Crippen LogP contribution in [0.15, 0.2) is 30.6 Å². The molecule has 98 valence electrons. The van der Waals surface area contributed by atoms with Gasteiger partial charge in [-0.05, 0) is 12.1 Å². The highest BCUT2D eigenvalue weighted by atomic mass is 35.5. The van der Waals surface area contributed by atoms with Crippen LogP contribution in [0.2, 0.25) is 5.02 Å². The average molecular weight is 281 g/mol. The van der Waals surface area contributed by atoms with Gasteiger partial charge in [-0.1, -0.05) is 11.6 Å². The van der Waals surface area contributed by atoms with Crippen molar-refractivity contribution in [1.29, 1.82) is 0 Å². The van der Waals surface area contributed by atoms with Gasteiger partial charge in [0.05, 0.1) is 4.92 Å². The Hall–Kier alpha value is -2.41. The third-order valence-corrected chi connectivity index (χ3v) is 2.47. The number of ether oxygens (including phenoxy) is 1. The Morgan fingerprint density at radius 3 is 2.84 bits per heavy atom. The summed E-state index contributed by atoms with van der Waals surface area (Å²) in [6.45, 7) is 0. The van der Waals surface area contributed by atoms with E-state index in [-0.39, 0.29) is 22.3 Å². The molecule has 0 atom stereocenters. The summed E-state index contributed by atoms with van der Waals surface area (Å²) in [5.74, 6) is 0.807. The Morgan fingerprint density at radius 2 is 2.16 bits per heavy atom. The largest absolute Gasteiger partial charge is 0.432 e. The summed E-state index contributed by atoms with van der Waals surface area (Å²) in [5.41, 5.74) is -0.225. The van der Waals surface area contributed by atoms with Gasteiger partial charge >= 0.3 is 5.69 Å². The first kappa shape index (κ1) is 13.0. The summed E-state index contributed by atoms with van der Waals surface area (Å²) < 4.78 is 5.38. The van der Waals surface area contributed by atoms with Gasteiger partial charge in [-0.3, -0.25) is 10.1 Å². The summed E-state index contributed by atoms with van der Waals surface area (Å²) in [6.07, 6.45) is 1.29. The molecular formula is C11H9ClN4O3. The first-order chi connectivity index (χ1) is 9.10. The molecule has 1 aromatic carbocycles. The highest BCUT2D eigenvalue weighted by molar-refractivity contribution is 6.30. The van der Waals surface area contributed by atoms with Crippen molar-refractivity contribution in [3.05, 3.63) is 45.7 Å². The maximum Gasteiger partial charge on any atom is 0.313 e. The predicted octanol–water partition coefficient (Wildman–Crippen LogP) is 2.87. The molecule has 8 heteroatoms.